The SMILES string of the molecule is CN=C(NCCNS(=O)(=O)c1cccnc1)NCCC(C)C.I. The smallest absolute Gasteiger partial charge is 0.242 e. The quantitative estimate of drug-likeness (QED) is 0.237. The predicted molar refractivity (Wildman–Crippen MR) is 104 cm³/mol. The molecule has 3 N–H and O–H groups in total. The van der Waals surface area contributed by atoms with E-state index in [0.717, 1.165) is 13.0 Å². The van der Waals surface area contributed by atoms with Crippen molar-refractivity contribution in [2.24, 2.45) is 10.9 Å². The number of hydrogen-bond donors (Lipinski definition) is 3. The second kappa shape index (κ2) is 11.6. The van der Waals surface area contributed by atoms with E-state index in [1.54, 1.807) is 13.1 Å². The van der Waals surface area contributed by atoms with Crippen molar-refractivity contribution >= 4 is 40.0 Å². The number of nitrogens with one attached hydrogen (secondary N) is 3. The summed E-state index contributed by atoms with van der Waals surface area (Å²) in [5, 5.41) is 6.25. The van der Waals surface area contributed by atoms with E-state index in [1.807, 2.05) is 0 Å². The van der Waals surface area contributed by atoms with Gasteiger partial charge in [-0.2, -0.15) is 0 Å². The van der Waals surface area contributed by atoms with Gasteiger partial charge in [-0.25, -0.2) is 13.1 Å². The third-order valence-electron chi connectivity index (χ3n) is 2.89. The van der Waals surface area contributed by atoms with E-state index >= 15 is 0 Å². The van der Waals surface area contributed by atoms with Crippen molar-refractivity contribution in [3.05, 3.63) is 24.5 Å². The summed E-state index contributed by atoms with van der Waals surface area (Å²) in [7, 11) is -1.82. The highest BCUT2D eigenvalue weighted by Crippen LogP contribution is 2.04. The summed E-state index contributed by atoms with van der Waals surface area (Å²) in [6.45, 7) is 5.86. The van der Waals surface area contributed by atoms with E-state index in [9.17, 15) is 8.42 Å². The van der Waals surface area contributed by atoms with Gasteiger partial charge >= 0.3 is 0 Å². The first-order valence-corrected chi connectivity index (χ1v) is 8.78. The minimum absolute atomic E-state index is 0. The zero-order valence-corrected chi connectivity index (χ0v) is 16.9. The van der Waals surface area contributed by atoms with Crippen molar-refractivity contribution < 1.29 is 8.42 Å². The van der Waals surface area contributed by atoms with Crippen molar-refractivity contribution in [3.63, 3.8) is 0 Å². The van der Waals surface area contributed by atoms with Crippen LogP contribution in [0.4, 0.5) is 0 Å². The minimum atomic E-state index is -3.51. The topological polar surface area (TPSA) is 95.5 Å². The Bertz CT molecular complexity index is 564. The van der Waals surface area contributed by atoms with Gasteiger partial charge in [-0.1, -0.05) is 13.8 Å². The fourth-order valence-corrected chi connectivity index (χ4v) is 2.65. The van der Waals surface area contributed by atoms with Gasteiger partial charge in [0, 0.05) is 39.1 Å². The van der Waals surface area contributed by atoms with Gasteiger partial charge in [0.25, 0.3) is 0 Å². The molecular formula is C14H26IN5O2S. The van der Waals surface area contributed by atoms with Crippen LogP contribution in [0.25, 0.3) is 0 Å². The average Bonchev–Trinajstić information content (AvgIpc) is 2.50. The molecule has 0 aromatic carbocycles. The minimum Gasteiger partial charge on any atom is -0.356 e. The van der Waals surface area contributed by atoms with Crippen LogP contribution in [-0.4, -0.2) is 46.0 Å². The van der Waals surface area contributed by atoms with Crippen LogP contribution in [0.5, 0.6) is 0 Å². The Balaban J connectivity index is 0.00000484. The molecule has 0 aliphatic rings. The molecule has 0 fully saturated rings. The van der Waals surface area contributed by atoms with Crippen molar-refractivity contribution in [1.29, 1.82) is 0 Å². The van der Waals surface area contributed by atoms with Crippen LogP contribution in [-0.2, 0) is 10.0 Å². The van der Waals surface area contributed by atoms with E-state index in [2.05, 4.69) is 39.2 Å². The lowest BCUT2D eigenvalue weighted by molar-refractivity contribution is 0.571. The zero-order valence-electron chi connectivity index (χ0n) is 13.7. The molecule has 0 amide bonds. The standard InChI is InChI=1S/C14H25N5O2S.HI/c1-12(2)6-8-17-14(15-3)18-9-10-19-22(20,21)13-5-4-7-16-11-13;/h4-5,7,11-12,19H,6,8-10H2,1-3H3,(H2,15,17,18);1H. The number of sulfonamides is 1. The van der Waals surface area contributed by atoms with Gasteiger partial charge in [-0.3, -0.25) is 9.98 Å². The van der Waals surface area contributed by atoms with E-state index in [-0.39, 0.29) is 35.4 Å². The van der Waals surface area contributed by atoms with Gasteiger partial charge < -0.3 is 10.6 Å². The number of halogens is 1. The molecule has 0 aliphatic carbocycles. The normalized spacial score (nSPS) is 11.9. The van der Waals surface area contributed by atoms with Crippen LogP contribution >= 0.6 is 24.0 Å². The Morgan fingerprint density at radius 2 is 1.96 bits per heavy atom. The molecule has 1 aromatic heterocycles. The van der Waals surface area contributed by atoms with Crippen molar-refractivity contribution in [1.82, 2.24) is 20.3 Å². The van der Waals surface area contributed by atoms with Gasteiger partial charge in [0.05, 0.1) is 0 Å². The van der Waals surface area contributed by atoms with E-state index in [4.69, 9.17) is 0 Å². The summed E-state index contributed by atoms with van der Waals surface area (Å²) in [4.78, 5) is 8.05. The molecule has 0 saturated carbocycles. The Kier molecular flexibility index (Phi) is 11.1. The maximum Gasteiger partial charge on any atom is 0.242 e. The number of pyridine rings is 1. The highest BCUT2D eigenvalue weighted by molar-refractivity contribution is 14.0. The summed E-state index contributed by atoms with van der Waals surface area (Å²) in [6.07, 6.45) is 3.91. The van der Waals surface area contributed by atoms with Crippen LogP contribution < -0.4 is 15.4 Å². The van der Waals surface area contributed by atoms with E-state index < -0.39 is 10.0 Å². The van der Waals surface area contributed by atoms with E-state index in [1.165, 1.54) is 18.5 Å². The Hall–Kier alpha value is -0.940. The fraction of sp³-hybridized carbons (Fsp3) is 0.571. The lowest BCUT2D eigenvalue weighted by Gasteiger charge is -2.13. The maximum absolute atomic E-state index is 12.0. The van der Waals surface area contributed by atoms with Crippen LogP contribution in [0.2, 0.25) is 0 Å². The maximum atomic E-state index is 12.0. The highest BCUT2D eigenvalue weighted by atomic mass is 127. The second-order valence-electron chi connectivity index (χ2n) is 5.19. The first kappa shape index (κ1) is 22.1. The molecule has 7 nitrogen and oxygen atoms in total. The van der Waals surface area contributed by atoms with Crippen molar-refractivity contribution in [2.45, 2.75) is 25.2 Å². The molecule has 0 unspecified atom stereocenters. The Labute approximate surface area is 155 Å². The number of nitrogens with zero attached hydrogens (tertiary/aromatic N) is 2. The lowest BCUT2D eigenvalue weighted by Crippen LogP contribution is -2.42. The summed E-state index contributed by atoms with van der Waals surface area (Å²) in [5.41, 5.74) is 0. The van der Waals surface area contributed by atoms with E-state index in [0.29, 0.717) is 18.4 Å². The Morgan fingerprint density at radius 1 is 1.26 bits per heavy atom. The molecule has 0 saturated heterocycles. The molecule has 1 aromatic rings. The van der Waals surface area contributed by atoms with Gasteiger partial charge in [-0.15, -0.1) is 24.0 Å². The van der Waals surface area contributed by atoms with Gasteiger partial charge in [0.15, 0.2) is 5.96 Å². The van der Waals surface area contributed by atoms with Crippen LogP contribution in [0.3, 0.4) is 0 Å². The molecule has 23 heavy (non-hydrogen) atoms. The molecule has 0 bridgehead atoms. The molecule has 132 valence electrons. The third-order valence-corrected chi connectivity index (χ3v) is 4.34. The van der Waals surface area contributed by atoms with Gasteiger partial charge in [0.1, 0.15) is 4.90 Å². The number of aromatic nitrogens is 1. The van der Waals surface area contributed by atoms with Gasteiger partial charge in [-0.05, 0) is 24.5 Å². The van der Waals surface area contributed by atoms with Gasteiger partial charge in [0.2, 0.25) is 10.0 Å². The number of rotatable bonds is 8. The Morgan fingerprint density at radius 3 is 2.52 bits per heavy atom. The monoisotopic (exact) mass is 455 g/mol. The molecule has 9 heteroatoms. The lowest BCUT2D eigenvalue weighted by atomic mass is 10.1. The highest BCUT2D eigenvalue weighted by Gasteiger charge is 2.12. The van der Waals surface area contributed by atoms with Crippen molar-refractivity contribution in [2.75, 3.05) is 26.7 Å². The summed E-state index contributed by atoms with van der Waals surface area (Å²) >= 11 is 0. The van der Waals surface area contributed by atoms with Crippen LogP contribution in [0.1, 0.15) is 20.3 Å². The average molecular weight is 455 g/mol. The second-order valence-corrected chi connectivity index (χ2v) is 6.96. The first-order chi connectivity index (χ1) is 10.5. The predicted octanol–water partition coefficient (Wildman–Crippen LogP) is 1.19. The number of aliphatic imine (C=N–C) groups is 1. The number of hydrogen-bond acceptors (Lipinski definition) is 4. The van der Waals surface area contributed by atoms with Crippen LogP contribution in [0.15, 0.2) is 34.4 Å². The molecule has 1 rings (SSSR count). The fourth-order valence-electron chi connectivity index (χ4n) is 1.66. The first-order valence-electron chi connectivity index (χ1n) is 7.30. The molecule has 0 aliphatic heterocycles. The summed E-state index contributed by atoms with van der Waals surface area (Å²) in [5.74, 6) is 1.29. The largest absolute Gasteiger partial charge is 0.356 e. The molecule has 0 radical (unpaired) electrons. The summed E-state index contributed by atoms with van der Waals surface area (Å²) in [6, 6.07) is 3.10. The van der Waals surface area contributed by atoms with Crippen molar-refractivity contribution in [3.8, 4) is 0 Å². The molecular weight excluding hydrogens is 429 g/mol. The third kappa shape index (κ3) is 9.06. The molecule has 0 spiro atoms. The number of guanidine groups is 1. The zero-order chi connectivity index (χ0) is 16.4. The summed E-state index contributed by atoms with van der Waals surface area (Å²) < 4.78 is 26.5. The molecule has 0 atom stereocenters. The van der Waals surface area contributed by atoms with Crippen LogP contribution in [0, 0.1) is 5.92 Å². The molecule has 1 heterocycles.